The van der Waals surface area contributed by atoms with Crippen molar-refractivity contribution < 1.29 is 9.84 Å². The minimum Gasteiger partial charge on any atom is -0.487 e. The maximum Gasteiger partial charge on any atom is 0.138 e. The van der Waals surface area contributed by atoms with Crippen molar-refractivity contribution in [3.63, 3.8) is 0 Å². The molecule has 0 amide bonds. The Bertz CT molecular complexity index is 569. The largest absolute Gasteiger partial charge is 0.487 e. The summed E-state index contributed by atoms with van der Waals surface area (Å²) in [6.45, 7) is 4.10. The molecule has 5 heteroatoms. The van der Waals surface area contributed by atoms with Crippen molar-refractivity contribution >= 4 is 0 Å². The summed E-state index contributed by atoms with van der Waals surface area (Å²) in [7, 11) is 0. The molecular formula is C15H19N3O2. The van der Waals surface area contributed by atoms with Gasteiger partial charge in [-0.3, -0.25) is 0 Å². The van der Waals surface area contributed by atoms with E-state index in [1.165, 1.54) is 6.33 Å². The first-order chi connectivity index (χ1) is 9.65. The normalized spacial score (nSPS) is 18.9. The van der Waals surface area contributed by atoms with Crippen LogP contribution in [0.5, 0.6) is 5.75 Å². The molecule has 0 saturated carbocycles. The highest BCUT2D eigenvalue weighted by Crippen LogP contribution is 2.30. The highest BCUT2D eigenvalue weighted by molar-refractivity contribution is 5.37. The number of aliphatic hydroxyl groups excluding tert-OH is 1. The Morgan fingerprint density at radius 3 is 2.95 bits per heavy atom. The van der Waals surface area contributed by atoms with E-state index in [4.69, 9.17) is 4.74 Å². The highest BCUT2D eigenvalue weighted by atomic mass is 16.5. The van der Waals surface area contributed by atoms with E-state index in [1.807, 2.05) is 42.8 Å². The van der Waals surface area contributed by atoms with Crippen LogP contribution >= 0.6 is 0 Å². The maximum atomic E-state index is 10.4. The van der Waals surface area contributed by atoms with Gasteiger partial charge in [-0.1, -0.05) is 18.2 Å². The summed E-state index contributed by atoms with van der Waals surface area (Å²) >= 11 is 0. The lowest BCUT2D eigenvalue weighted by Gasteiger charge is -2.18. The van der Waals surface area contributed by atoms with Crippen molar-refractivity contribution in [3.05, 3.63) is 42.0 Å². The van der Waals surface area contributed by atoms with Crippen molar-refractivity contribution in [2.24, 2.45) is 0 Å². The summed E-state index contributed by atoms with van der Waals surface area (Å²) in [6, 6.07) is 8.16. The standard InChI is InChI=1S/C15H19N3O2/c1-10(2)18-15(16-9-17-18)8-12(19)14-7-11-5-3-4-6-13(11)20-14/h3-6,9-10,12,14,19H,7-8H2,1-2H3. The van der Waals surface area contributed by atoms with Gasteiger partial charge in [-0.05, 0) is 25.5 Å². The Balaban J connectivity index is 1.69. The topological polar surface area (TPSA) is 60.2 Å². The van der Waals surface area contributed by atoms with E-state index >= 15 is 0 Å². The molecule has 2 heterocycles. The van der Waals surface area contributed by atoms with Gasteiger partial charge in [0.1, 0.15) is 24.0 Å². The van der Waals surface area contributed by atoms with Gasteiger partial charge in [0.2, 0.25) is 0 Å². The molecule has 2 unspecified atom stereocenters. The number of aromatic nitrogens is 3. The van der Waals surface area contributed by atoms with Crippen LogP contribution in [0, 0.1) is 0 Å². The molecule has 2 atom stereocenters. The van der Waals surface area contributed by atoms with Gasteiger partial charge in [0, 0.05) is 18.9 Å². The van der Waals surface area contributed by atoms with Gasteiger partial charge in [0.15, 0.2) is 0 Å². The molecule has 1 aliphatic heterocycles. The van der Waals surface area contributed by atoms with E-state index in [0.29, 0.717) is 6.42 Å². The van der Waals surface area contributed by atoms with Gasteiger partial charge in [-0.25, -0.2) is 9.67 Å². The third-order valence-corrected chi connectivity index (χ3v) is 3.63. The number of nitrogens with zero attached hydrogens (tertiary/aromatic N) is 3. The van der Waals surface area contributed by atoms with E-state index in [0.717, 1.165) is 23.6 Å². The summed E-state index contributed by atoms with van der Waals surface area (Å²) in [4.78, 5) is 4.23. The predicted molar refractivity (Wildman–Crippen MR) is 74.7 cm³/mol. The average Bonchev–Trinajstić information content (AvgIpc) is 3.03. The molecular weight excluding hydrogens is 254 g/mol. The fourth-order valence-electron chi connectivity index (χ4n) is 2.59. The number of fused-ring (bicyclic) bond motifs is 1. The summed E-state index contributed by atoms with van der Waals surface area (Å²) in [5, 5.41) is 14.6. The molecule has 0 bridgehead atoms. The van der Waals surface area contributed by atoms with Crippen molar-refractivity contribution in [3.8, 4) is 5.75 Å². The van der Waals surface area contributed by atoms with Crippen molar-refractivity contribution in [2.75, 3.05) is 0 Å². The molecule has 1 aromatic heterocycles. The van der Waals surface area contributed by atoms with Crippen LogP contribution in [0.3, 0.4) is 0 Å². The lowest BCUT2D eigenvalue weighted by Crippen LogP contribution is -2.33. The second kappa shape index (κ2) is 5.25. The van der Waals surface area contributed by atoms with Gasteiger partial charge in [0.05, 0.1) is 6.10 Å². The van der Waals surface area contributed by atoms with Gasteiger partial charge in [0.25, 0.3) is 0 Å². The van der Waals surface area contributed by atoms with Gasteiger partial charge < -0.3 is 9.84 Å². The smallest absolute Gasteiger partial charge is 0.138 e. The van der Waals surface area contributed by atoms with Crippen LogP contribution in [0.25, 0.3) is 0 Å². The fourth-order valence-corrected chi connectivity index (χ4v) is 2.59. The molecule has 1 aliphatic rings. The van der Waals surface area contributed by atoms with Gasteiger partial charge in [-0.15, -0.1) is 0 Å². The molecule has 0 radical (unpaired) electrons. The van der Waals surface area contributed by atoms with E-state index in [9.17, 15) is 5.11 Å². The minimum absolute atomic E-state index is 0.204. The summed E-state index contributed by atoms with van der Waals surface area (Å²) in [5.74, 6) is 1.67. The number of aliphatic hydroxyl groups is 1. The monoisotopic (exact) mass is 273 g/mol. The molecule has 0 aliphatic carbocycles. The molecule has 3 rings (SSSR count). The zero-order valence-corrected chi connectivity index (χ0v) is 11.7. The Morgan fingerprint density at radius 2 is 2.20 bits per heavy atom. The fraction of sp³-hybridized carbons (Fsp3) is 0.467. The number of hydrogen-bond acceptors (Lipinski definition) is 4. The molecule has 2 aromatic rings. The number of hydrogen-bond donors (Lipinski definition) is 1. The lowest BCUT2D eigenvalue weighted by molar-refractivity contribution is 0.0480. The number of benzene rings is 1. The van der Waals surface area contributed by atoms with Crippen LogP contribution in [0.1, 0.15) is 31.3 Å². The highest BCUT2D eigenvalue weighted by Gasteiger charge is 2.30. The predicted octanol–water partition coefficient (Wildman–Crippen LogP) is 1.77. The van der Waals surface area contributed by atoms with Crippen molar-refractivity contribution in [1.29, 1.82) is 0 Å². The molecule has 106 valence electrons. The molecule has 20 heavy (non-hydrogen) atoms. The van der Waals surface area contributed by atoms with Crippen LogP contribution in [0.15, 0.2) is 30.6 Å². The molecule has 1 N–H and O–H groups in total. The van der Waals surface area contributed by atoms with Crippen LogP contribution in [0.4, 0.5) is 0 Å². The van der Waals surface area contributed by atoms with Crippen molar-refractivity contribution in [1.82, 2.24) is 14.8 Å². The first-order valence-electron chi connectivity index (χ1n) is 6.96. The Labute approximate surface area is 118 Å². The van der Waals surface area contributed by atoms with E-state index in [2.05, 4.69) is 10.1 Å². The summed E-state index contributed by atoms with van der Waals surface area (Å²) < 4.78 is 7.65. The zero-order chi connectivity index (χ0) is 14.1. The third-order valence-electron chi connectivity index (χ3n) is 3.63. The quantitative estimate of drug-likeness (QED) is 0.922. The second-order valence-electron chi connectivity index (χ2n) is 5.45. The molecule has 1 aromatic carbocycles. The van der Waals surface area contributed by atoms with Crippen LogP contribution < -0.4 is 4.74 Å². The SMILES string of the molecule is CC(C)n1ncnc1CC(O)C1Cc2ccccc2O1. The Hall–Kier alpha value is -1.88. The maximum absolute atomic E-state index is 10.4. The summed E-state index contributed by atoms with van der Waals surface area (Å²) in [5.41, 5.74) is 1.15. The number of ether oxygens (including phenoxy) is 1. The van der Waals surface area contributed by atoms with E-state index in [-0.39, 0.29) is 12.1 Å². The van der Waals surface area contributed by atoms with Crippen LogP contribution in [-0.2, 0) is 12.8 Å². The third kappa shape index (κ3) is 2.41. The van der Waals surface area contributed by atoms with Crippen molar-refractivity contribution in [2.45, 2.75) is 44.9 Å². The zero-order valence-electron chi connectivity index (χ0n) is 11.7. The van der Waals surface area contributed by atoms with E-state index in [1.54, 1.807) is 0 Å². The number of para-hydroxylation sites is 1. The summed E-state index contributed by atoms with van der Waals surface area (Å²) in [6.07, 6.45) is 1.95. The Morgan fingerprint density at radius 1 is 1.40 bits per heavy atom. The van der Waals surface area contributed by atoms with E-state index < -0.39 is 6.10 Å². The number of rotatable bonds is 4. The van der Waals surface area contributed by atoms with Crippen LogP contribution in [-0.4, -0.2) is 32.1 Å². The Kier molecular flexibility index (Phi) is 3.44. The van der Waals surface area contributed by atoms with Gasteiger partial charge in [-0.2, -0.15) is 5.10 Å². The average molecular weight is 273 g/mol. The lowest BCUT2D eigenvalue weighted by atomic mass is 10.0. The second-order valence-corrected chi connectivity index (χ2v) is 5.45. The minimum atomic E-state index is -0.580. The molecule has 0 saturated heterocycles. The first-order valence-corrected chi connectivity index (χ1v) is 6.96. The molecule has 5 nitrogen and oxygen atoms in total. The molecule has 0 spiro atoms. The molecule has 0 fully saturated rings. The first kappa shape index (κ1) is 13.1. The van der Waals surface area contributed by atoms with Gasteiger partial charge >= 0.3 is 0 Å². The van der Waals surface area contributed by atoms with Crippen LogP contribution in [0.2, 0.25) is 0 Å².